The summed E-state index contributed by atoms with van der Waals surface area (Å²) in [6, 6.07) is 10.4. The number of para-hydroxylation sites is 1. The Kier molecular flexibility index (Phi) is 16.5. The van der Waals surface area contributed by atoms with Gasteiger partial charge in [-0.25, -0.2) is 19.2 Å². The van der Waals surface area contributed by atoms with E-state index in [1.165, 1.54) is 0 Å². The second-order valence-electron chi connectivity index (χ2n) is 12.3. The average Bonchev–Trinajstić information content (AvgIpc) is 3.10. The Balaban J connectivity index is 1.44. The molecule has 3 rings (SSSR count). The number of fused-ring (bicyclic) bond motifs is 2. The number of amides is 3. The number of unbranched alkanes of at least 4 members (excludes halogenated alkanes) is 1. The Hall–Kier alpha value is -5.42. The maximum Gasteiger partial charge on any atom is 0.403 e. The SMILES string of the molecule is O=C(O)CC[C@H](NP(=O)(O)OCC[C@H](NC(=O)CC[C@@H](NC(=O)CCCCC(=O)N1Cc2ccccc2C=Cc2ccccc21)C(=O)O)C(=O)O)C(=O)O. The number of hydrogen-bond donors (Lipinski definition) is 8. The summed E-state index contributed by atoms with van der Waals surface area (Å²) >= 11 is 0. The van der Waals surface area contributed by atoms with Gasteiger partial charge in [-0.2, -0.15) is 0 Å². The molecule has 292 valence electrons. The molecule has 1 aliphatic rings. The molecule has 2 aromatic carbocycles. The van der Waals surface area contributed by atoms with Crippen molar-refractivity contribution in [3.8, 4) is 0 Å². The number of aliphatic carboxylic acids is 4. The molecule has 0 saturated carbocycles. The minimum Gasteiger partial charge on any atom is -0.481 e. The second-order valence-corrected chi connectivity index (χ2v) is 13.9. The third-order valence-electron chi connectivity index (χ3n) is 8.26. The highest BCUT2D eigenvalue weighted by Gasteiger charge is 2.31. The number of anilines is 1. The third kappa shape index (κ3) is 14.2. The average molecular weight is 775 g/mol. The lowest BCUT2D eigenvalue weighted by atomic mass is 10.0. The Morgan fingerprint density at radius 3 is 1.87 bits per heavy atom. The van der Waals surface area contributed by atoms with Crippen LogP contribution in [0.25, 0.3) is 12.2 Å². The first kappa shape index (κ1) is 43.0. The number of hydrogen-bond acceptors (Lipinski definition) is 9. The number of carboxylic acid groups (broad SMARTS) is 4. The molecule has 1 unspecified atom stereocenters. The van der Waals surface area contributed by atoms with Crippen molar-refractivity contribution in [1.82, 2.24) is 15.7 Å². The van der Waals surface area contributed by atoms with Gasteiger partial charge in [0.1, 0.15) is 18.1 Å². The topological polar surface area (TPSA) is 286 Å². The van der Waals surface area contributed by atoms with Gasteiger partial charge in [-0.3, -0.25) is 28.5 Å². The fourth-order valence-electron chi connectivity index (χ4n) is 5.43. The van der Waals surface area contributed by atoms with Gasteiger partial charge in [0, 0.05) is 32.1 Å². The van der Waals surface area contributed by atoms with Crippen LogP contribution in [0.2, 0.25) is 0 Å². The van der Waals surface area contributed by atoms with Crippen LogP contribution >= 0.6 is 7.75 Å². The standard InChI is InChI=1S/C35H43N4O14P/c40-29(11-5-6-12-31(42)39-21-24-9-2-1-7-22(24)13-14-23-8-3-4-10-28(23)39)36-25(33(45)46)15-17-30(41)37-26(34(47)48)19-20-53-54(51,52)38-27(35(49)50)16-18-32(43)44/h1-4,7-10,13-14,25-27H,5-6,11-12,15-21H2,(H,36,40)(H,37,41)(H,43,44)(H,45,46)(H,47,48)(H,49,50)(H2,38,51,52)/t25-,26+,27+/m1/s1. The highest BCUT2D eigenvalue weighted by molar-refractivity contribution is 7.50. The molecule has 0 radical (unpaired) electrons. The van der Waals surface area contributed by atoms with E-state index >= 15 is 0 Å². The van der Waals surface area contributed by atoms with Gasteiger partial charge in [-0.1, -0.05) is 54.6 Å². The zero-order valence-electron chi connectivity index (χ0n) is 29.1. The molecule has 0 aromatic heterocycles. The summed E-state index contributed by atoms with van der Waals surface area (Å²) in [6.07, 6.45) is 1.96. The Morgan fingerprint density at radius 2 is 1.22 bits per heavy atom. The van der Waals surface area contributed by atoms with Crippen LogP contribution < -0.4 is 20.6 Å². The fourth-order valence-corrected chi connectivity index (χ4v) is 6.49. The molecule has 1 heterocycles. The summed E-state index contributed by atoms with van der Waals surface area (Å²) in [5, 5.41) is 43.1. The van der Waals surface area contributed by atoms with Crippen molar-refractivity contribution in [3.63, 3.8) is 0 Å². The zero-order chi connectivity index (χ0) is 39.8. The first-order valence-corrected chi connectivity index (χ1v) is 18.5. The predicted octanol–water partition coefficient (Wildman–Crippen LogP) is 2.60. The van der Waals surface area contributed by atoms with E-state index in [0.717, 1.165) is 22.4 Å². The maximum absolute atomic E-state index is 13.4. The van der Waals surface area contributed by atoms with E-state index in [1.54, 1.807) is 9.99 Å². The molecule has 0 spiro atoms. The molecule has 2 aromatic rings. The molecule has 18 nitrogen and oxygen atoms in total. The van der Waals surface area contributed by atoms with Crippen molar-refractivity contribution in [2.75, 3.05) is 11.5 Å². The lowest BCUT2D eigenvalue weighted by molar-refractivity contribution is -0.143. The van der Waals surface area contributed by atoms with Crippen LogP contribution in [0.1, 0.15) is 74.5 Å². The molecule has 0 saturated heterocycles. The predicted molar refractivity (Wildman–Crippen MR) is 192 cm³/mol. The van der Waals surface area contributed by atoms with Crippen LogP contribution in [-0.4, -0.2) is 91.7 Å². The van der Waals surface area contributed by atoms with Crippen molar-refractivity contribution < 1.29 is 68.0 Å². The van der Waals surface area contributed by atoms with Gasteiger partial charge in [0.05, 0.1) is 18.8 Å². The smallest absolute Gasteiger partial charge is 0.403 e. The summed E-state index contributed by atoms with van der Waals surface area (Å²) in [7, 11) is -4.84. The van der Waals surface area contributed by atoms with Crippen molar-refractivity contribution in [1.29, 1.82) is 0 Å². The molecule has 4 atom stereocenters. The van der Waals surface area contributed by atoms with Crippen molar-refractivity contribution in [3.05, 3.63) is 65.2 Å². The Morgan fingerprint density at radius 1 is 0.685 bits per heavy atom. The number of rotatable bonds is 22. The van der Waals surface area contributed by atoms with Crippen molar-refractivity contribution in [2.45, 2.75) is 82.5 Å². The fraction of sp³-hybridized carbons (Fsp3) is 0.400. The van der Waals surface area contributed by atoms with Crippen LogP contribution in [0.3, 0.4) is 0 Å². The van der Waals surface area contributed by atoms with Crippen LogP contribution in [0, 0.1) is 0 Å². The molecule has 0 fully saturated rings. The molecular formula is C35H43N4O14P. The van der Waals surface area contributed by atoms with Crippen LogP contribution in [-0.2, 0) is 49.2 Å². The first-order valence-electron chi connectivity index (χ1n) is 17.0. The lowest BCUT2D eigenvalue weighted by Gasteiger charge is -2.27. The van der Waals surface area contributed by atoms with Gasteiger partial charge in [-0.15, -0.1) is 0 Å². The maximum atomic E-state index is 13.4. The molecule has 8 N–H and O–H groups in total. The van der Waals surface area contributed by atoms with Gasteiger partial charge in [-0.05, 0) is 48.4 Å². The second kappa shape index (κ2) is 20.7. The van der Waals surface area contributed by atoms with Gasteiger partial charge >= 0.3 is 31.6 Å². The molecule has 19 heteroatoms. The van der Waals surface area contributed by atoms with Crippen molar-refractivity contribution >= 4 is 67.2 Å². The monoisotopic (exact) mass is 774 g/mol. The summed E-state index contributed by atoms with van der Waals surface area (Å²) in [4.78, 5) is 95.5. The largest absolute Gasteiger partial charge is 0.481 e. The van der Waals surface area contributed by atoms with Crippen LogP contribution in [0.15, 0.2) is 48.5 Å². The van der Waals surface area contributed by atoms with E-state index in [2.05, 4.69) is 10.6 Å². The molecule has 0 bridgehead atoms. The quantitative estimate of drug-likeness (QED) is 0.0630. The summed E-state index contributed by atoms with van der Waals surface area (Å²) in [5.41, 5.74) is 3.61. The van der Waals surface area contributed by atoms with Gasteiger partial charge < -0.3 is 40.9 Å². The molecule has 0 aliphatic carbocycles. The molecular weight excluding hydrogens is 731 g/mol. The van der Waals surface area contributed by atoms with E-state index in [9.17, 15) is 53.2 Å². The van der Waals surface area contributed by atoms with Crippen LogP contribution in [0.4, 0.5) is 5.69 Å². The molecule has 54 heavy (non-hydrogen) atoms. The Bertz CT molecular complexity index is 1780. The minimum atomic E-state index is -4.84. The number of carbonyl (C=O) groups is 7. The minimum absolute atomic E-state index is 0.0944. The highest BCUT2D eigenvalue weighted by Crippen LogP contribution is 2.38. The number of nitrogens with one attached hydrogen (secondary N) is 3. The number of benzene rings is 2. The number of carboxylic acids is 4. The third-order valence-corrected chi connectivity index (χ3v) is 9.43. The van der Waals surface area contributed by atoms with E-state index in [4.69, 9.17) is 14.7 Å². The normalized spacial score (nSPS) is 14.8. The van der Waals surface area contributed by atoms with Gasteiger partial charge in [0.2, 0.25) is 17.7 Å². The number of carbonyl (C=O) groups excluding carboxylic acids is 3. The summed E-state index contributed by atoms with van der Waals surface area (Å²) in [6.45, 7) is -0.389. The van der Waals surface area contributed by atoms with E-state index in [1.807, 2.05) is 60.7 Å². The van der Waals surface area contributed by atoms with Crippen molar-refractivity contribution in [2.24, 2.45) is 0 Å². The summed E-state index contributed by atoms with van der Waals surface area (Å²) < 4.78 is 16.9. The van der Waals surface area contributed by atoms with Crippen LogP contribution in [0.5, 0.6) is 0 Å². The van der Waals surface area contributed by atoms with E-state index in [-0.39, 0.29) is 25.2 Å². The van der Waals surface area contributed by atoms with E-state index in [0.29, 0.717) is 13.0 Å². The summed E-state index contributed by atoms with van der Waals surface area (Å²) in [5.74, 6) is -7.63. The highest BCUT2D eigenvalue weighted by atomic mass is 31.2. The van der Waals surface area contributed by atoms with Gasteiger partial charge in [0.15, 0.2) is 0 Å². The zero-order valence-corrected chi connectivity index (χ0v) is 30.0. The van der Waals surface area contributed by atoms with Gasteiger partial charge in [0.25, 0.3) is 0 Å². The molecule has 3 amide bonds. The first-order chi connectivity index (χ1) is 25.6. The number of nitrogens with zero attached hydrogens (tertiary/aromatic N) is 1. The van der Waals surface area contributed by atoms with E-state index < -0.39 is 100 Å². The lowest BCUT2D eigenvalue weighted by Crippen LogP contribution is -2.44. The Labute approximate surface area is 309 Å². The molecule has 1 aliphatic heterocycles.